The number of hydrogen-bond acceptors (Lipinski definition) is 2. The van der Waals surface area contributed by atoms with Gasteiger partial charge >= 0.3 is 0 Å². The standard InChI is InChI=1S/C23H28Cl2N2O2/c1-4-11-26-23(29)21(5-2)27(15-18-9-10-19(24)14-20(18)25)22(28)13-17-8-6-7-16(3)12-17/h6-10,12,14,21H,4-5,11,13,15H2,1-3H3,(H,26,29)/t21-/m1/s1. The molecule has 0 aliphatic heterocycles. The second kappa shape index (κ2) is 11.2. The van der Waals surface area contributed by atoms with Gasteiger partial charge in [0.15, 0.2) is 0 Å². The Morgan fingerprint density at radius 2 is 1.86 bits per heavy atom. The van der Waals surface area contributed by atoms with Crippen LogP contribution in [0.5, 0.6) is 0 Å². The van der Waals surface area contributed by atoms with Crippen LogP contribution in [0.3, 0.4) is 0 Å². The zero-order valence-electron chi connectivity index (χ0n) is 17.2. The van der Waals surface area contributed by atoms with Gasteiger partial charge in [0.2, 0.25) is 11.8 Å². The van der Waals surface area contributed by atoms with Gasteiger partial charge in [0.1, 0.15) is 6.04 Å². The Hall–Kier alpha value is -2.04. The molecule has 0 bridgehead atoms. The Balaban J connectivity index is 2.32. The van der Waals surface area contributed by atoms with Crippen LogP contribution in [0.4, 0.5) is 0 Å². The van der Waals surface area contributed by atoms with Crippen LogP contribution in [0.2, 0.25) is 10.0 Å². The second-order valence-corrected chi connectivity index (χ2v) is 7.98. The van der Waals surface area contributed by atoms with Crippen molar-refractivity contribution in [1.29, 1.82) is 0 Å². The summed E-state index contributed by atoms with van der Waals surface area (Å²) in [6.45, 7) is 6.73. The number of nitrogens with zero attached hydrogens (tertiary/aromatic N) is 1. The summed E-state index contributed by atoms with van der Waals surface area (Å²) < 4.78 is 0. The van der Waals surface area contributed by atoms with Crippen LogP contribution in [-0.2, 0) is 22.6 Å². The van der Waals surface area contributed by atoms with E-state index in [2.05, 4.69) is 5.32 Å². The van der Waals surface area contributed by atoms with E-state index in [0.29, 0.717) is 23.0 Å². The minimum absolute atomic E-state index is 0.111. The van der Waals surface area contributed by atoms with Gasteiger partial charge in [0, 0.05) is 23.1 Å². The molecule has 0 radical (unpaired) electrons. The van der Waals surface area contributed by atoms with Crippen molar-refractivity contribution in [3.05, 3.63) is 69.2 Å². The predicted octanol–water partition coefficient (Wildman–Crippen LogP) is 5.18. The fraction of sp³-hybridized carbons (Fsp3) is 0.391. The van der Waals surface area contributed by atoms with Crippen molar-refractivity contribution in [2.75, 3.05) is 6.54 Å². The van der Waals surface area contributed by atoms with Crippen molar-refractivity contribution in [2.45, 2.75) is 52.6 Å². The third-order valence-electron chi connectivity index (χ3n) is 4.73. The molecule has 2 aromatic rings. The van der Waals surface area contributed by atoms with Crippen LogP contribution in [0.1, 0.15) is 43.4 Å². The fourth-order valence-corrected chi connectivity index (χ4v) is 3.69. The van der Waals surface area contributed by atoms with Crippen molar-refractivity contribution in [3.63, 3.8) is 0 Å². The lowest BCUT2D eigenvalue weighted by molar-refractivity contribution is -0.140. The topological polar surface area (TPSA) is 49.4 Å². The largest absolute Gasteiger partial charge is 0.354 e. The van der Waals surface area contributed by atoms with Gasteiger partial charge in [0.05, 0.1) is 6.42 Å². The van der Waals surface area contributed by atoms with Crippen molar-refractivity contribution < 1.29 is 9.59 Å². The van der Waals surface area contributed by atoms with E-state index in [1.165, 1.54) is 0 Å². The van der Waals surface area contributed by atoms with Crippen molar-refractivity contribution >= 4 is 35.0 Å². The Bertz CT molecular complexity index is 855. The Labute approximate surface area is 183 Å². The first kappa shape index (κ1) is 23.2. The summed E-state index contributed by atoms with van der Waals surface area (Å²) in [7, 11) is 0. The fourth-order valence-electron chi connectivity index (χ4n) is 3.22. The van der Waals surface area contributed by atoms with Crippen LogP contribution in [-0.4, -0.2) is 29.3 Å². The molecule has 4 nitrogen and oxygen atoms in total. The van der Waals surface area contributed by atoms with Gasteiger partial charge in [0.25, 0.3) is 0 Å². The monoisotopic (exact) mass is 434 g/mol. The van der Waals surface area contributed by atoms with Gasteiger partial charge in [-0.1, -0.05) is 72.9 Å². The number of amides is 2. The molecule has 0 saturated carbocycles. The summed E-state index contributed by atoms with van der Waals surface area (Å²) in [5.41, 5.74) is 2.77. The number of nitrogens with one attached hydrogen (secondary N) is 1. The third-order valence-corrected chi connectivity index (χ3v) is 5.32. The van der Waals surface area contributed by atoms with Crippen LogP contribution in [0, 0.1) is 6.92 Å². The SMILES string of the molecule is CCCNC(=O)[C@@H](CC)N(Cc1ccc(Cl)cc1Cl)C(=O)Cc1cccc(C)c1. The highest BCUT2D eigenvalue weighted by Crippen LogP contribution is 2.24. The highest BCUT2D eigenvalue weighted by Gasteiger charge is 2.29. The number of benzene rings is 2. The van der Waals surface area contributed by atoms with Gasteiger partial charge in [-0.15, -0.1) is 0 Å². The van der Waals surface area contributed by atoms with Gasteiger partial charge < -0.3 is 10.2 Å². The Kier molecular flexibility index (Phi) is 8.99. The van der Waals surface area contributed by atoms with Gasteiger partial charge in [-0.05, 0) is 43.0 Å². The summed E-state index contributed by atoms with van der Waals surface area (Å²) in [4.78, 5) is 27.6. The summed E-state index contributed by atoms with van der Waals surface area (Å²) in [5, 5.41) is 3.93. The highest BCUT2D eigenvalue weighted by atomic mass is 35.5. The summed E-state index contributed by atoms with van der Waals surface area (Å²) in [6, 6.07) is 12.5. The molecule has 2 amide bonds. The molecule has 0 aliphatic rings. The molecule has 0 aliphatic carbocycles. The van der Waals surface area contributed by atoms with E-state index in [4.69, 9.17) is 23.2 Å². The Morgan fingerprint density at radius 1 is 1.10 bits per heavy atom. The predicted molar refractivity (Wildman–Crippen MR) is 119 cm³/mol. The Morgan fingerprint density at radius 3 is 2.48 bits per heavy atom. The zero-order valence-corrected chi connectivity index (χ0v) is 18.7. The molecule has 1 N–H and O–H groups in total. The number of aryl methyl sites for hydroxylation is 1. The smallest absolute Gasteiger partial charge is 0.242 e. The van der Waals surface area contributed by atoms with Gasteiger partial charge in [-0.2, -0.15) is 0 Å². The van der Waals surface area contributed by atoms with Crippen molar-refractivity contribution in [1.82, 2.24) is 10.2 Å². The number of halogens is 2. The first-order chi connectivity index (χ1) is 13.8. The van der Waals surface area contributed by atoms with E-state index in [1.54, 1.807) is 23.1 Å². The molecular formula is C23H28Cl2N2O2. The second-order valence-electron chi connectivity index (χ2n) is 7.14. The zero-order chi connectivity index (χ0) is 21.4. The molecule has 2 aromatic carbocycles. The number of carbonyl (C=O) groups excluding carboxylic acids is 2. The average Bonchev–Trinajstić information content (AvgIpc) is 2.67. The van der Waals surface area contributed by atoms with Crippen LogP contribution >= 0.6 is 23.2 Å². The van der Waals surface area contributed by atoms with Crippen LogP contribution in [0.15, 0.2) is 42.5 Å². The minimum Gasteiger partial charge on any atom is -0.354 e. The minimum atomic E-state index is -0.564. The maximum absolute atomic E-state index is 13.3. The number of hydrogen-bond donors (Lipinski definition) is 1. The lowest BCUT2D eigenvalue weighted by atomic mass is 10.1. The van der Waals surface area contributed by atoms with Crippen molar-refractivity contribution in [2.24, 2.45) is 0 Å². The molecule has 0 saturated heterocycles. The molecular weight excluding hydrogens is 407 g/mol. The third kappa shape index (κ3) is 6.76. The number of carbonyl (C=O) groups is 2. The summed E-state index contributed by atoms with van der Waals surface area (Å²) in [6.07, 6.45) is 1.58. The van der Waals surface area contributed by atoms with Crippen LogP contribution < -0.4 is 5.32 Å². The first-order valence-corrected chi connectivity index (χ1v) is 10.7. The van der Waals surface area contributed by atoms with Gasteiger partial charge in [-0.3, -0.25) is 9.59 Å². The molecule has 29 heavy (non-hydrogen) atoms. The van der Waals surface area contributed by atoms with E-state index in [9.17, 15) is 9.59 Å². The summed E-state index contributed by atoms with van der Waals surface area (Å²) >= 11 is 12.4. The van der Waals surface area contributed by atoms with E-state index in [-0.39, 0.29) is 24.8 Å². The maximum atomic E-state index is 13.3. The first-order valence-electron chi connectivity index (χ1n) is 9.92. The molecule has 6 heteroatoms. The van der Waals surface area contributed by atoms with E-state index in [0.717, 1.165) is 23.1 Å². The lowest BCUT2D eigenvalue weighted by Crippen LogP contribution is -2.49. The van der Waals surface area contributed by atoms with E-state index >= 15 is 0 Å². The number of rotatable bonds is 9. The molecule has 1 atom stereocenters. The average molecular weight is 435 g/mol. The molecule has 0 spiro atoms. The van der Waals surface area contributed by atoms with E-state index < -0.39 is 6.04 Å². The highest BCUT2D eigenvalue weighted by molar-refractivity contribution is 6.35. The molecule has 0 aromatic heterocycles. The molecule has 2 rings (SSSR count). The maximum Gasteiger partial charge on any atom is 0.242 e. The normalized spacial score (nSPS) is 11.8. The van der Waals surface area contributed by atoms with Gasteiger partial charge in [-0.25, -0.2) is 0 Å². The summed E-state index contributed by atoms with van der Waals surface area (Å²) in [5.74, 6) is -0.253. The quantitative estimate of drug-likeness (QED) is 0.590. The molecule has 156 valence electrons. The molecule has 0 heterocycles. The molecule has 0 fully saturated rings. The molecule has 0 unspecified atom stereocenters. The lowest BCUT2D eigenvalue weighted by Gasteiger charge is -2.31. The van der Waals surface area contributed by atoms with Crippen molar-refractivity contribution in [3.8, 4) is 0 Å². The van der Waals surface area contributed by atoms with E-state index in [1.807, 2.05) is 45.0 Å². The van der Waals surface area contributed by atoms with Crippen LogP contribution in [0.25, 0.3) is 0 Å².